The summed E-state index contributed by atoms with van der Waals surface area (Å²) in [5, 5.41) is 6.08. The van der Waals surface area contributed by atoms with Crippen molar-refractivity contribution in [3.8, 4) is 0 Å². The molecule has 2 N–H and O–H groups in total. The molecule has 1 amide bonds. The van der Waals surface area contributed by atoms with Crippen molar-refractivity contribution in [2.75, 3.05) is 18.4 Å². The molecular formula is C14H16N4O. The number of amides is 1. The number of rotatable bonds is 6. The second-order valence-electron chi connectivity index (χ2n) is 4.02. The van der Waals surface area contributed by atoms with Gasteiger partial charge in [0.1, 0.15) is 0 Å². The first-order valence-corrected chi connectivity index (χ1v) is 6.18. The Balaban J connectivity index is 1.63. The van der Waals surface area contributed by atoms with Gasteiger partial charge < -0.3 is 10.6 Å². The molecule has 0 spiro atoms. The Hall–Kier alpha value is -2.43. The van der Waals surface area contributed by atoms with Gasteiger partial charge in [0.25, 0.3) is 5.91 Å². The van der Waals surface area contributed by atoms with Gasteiger partial charge in [-0.2, -0.15) is 0 Å². The summed E-state index contributed by atoms with van der Waals surface area (Å²) in [6, 6.07) is 7.34. The zero-order chi connectivity index (χ0) is 13.3. The third kappa shape index (κ3) is 4.39. The Morgan fingerprint density at radius 1 is 1.05 bits per heavy atom. The molecule has 19 heavy (non-hydrogen) atoms. The van der Waals surface area contributed by atoms with Crippen LogP contribution in [0, 0.1) is 0 Å². The van der Waals surface area contributed by atoms with Crippen molar-refractivity contribution in [2.24, 2.45) is 0 Å². The fourth-order valence-electron chi connectivity index (χ4n) is 1.59. The van der Waals surface area contributed by atoms with E-state index in [1.54, 1.807) is 36.9 Å². The first kappa shape index (κ1) is 13.0. The lowest BCUT2D eigenvalue weighted by molar-refractivity contribution is 0.0953. The summed E-state index contributed by atoms with van der Waals surface area (Å²) in [4.78, 5) is 19.6. The van der Waals surface area contributed by atoms with Gasteiger partial charge in [-0.05, 0) is 30.7 Å². The van der Waals surface area contributed by atoms with Crippen LogP contribution in [-0.4, -0.2) is 29.0 Å². The summed E-state index contributed by atoms with van der Waals surface area (Å²) in [6.45, 7) is 1.42. The molecule has 0 aromatic carbocycles. The maximum absolute atomic E-state index is 11.7. The fraction of sp³-hybridized carbons (Fsp3) is 0.214. The molecule has 0 atom stereocenters. The molecule has 0 aliphatic rings. The van der Waals surface area contributed by atoms with Gasteiger partial charge in [0.05, 0.1) is 11.3 Å². The molecule has 0 saturated carbocycles. The number of carbonyl (C=O) groups excluding carboxylic acids is 1. The van der Waals surface area contributed by atoms with Crippen molar-refractivity contribution >= 4 is 11.6 Å². The van der Waals surface area contributed by atoms with Crippen LogP contribution in [0.15, 0.2) is 49.1 Å². The Morgan fingerprint density at radius 2 is 1.84 bits per heavy atom. The fourth-order valence-corrected chi connectivity index (χ4v) is 1.59. The van der Waals surface area contributed by atoms with Gasteiger partial charge in [-0.25, -0.2) is 0 Å². The number of nitrogens with one attached hydrogen (secondary N) is 2. The highest BCUT2D eigenvalue weighted by molar-refractivity contribution is 5.93. The molecule has 0 bridgehead atoms. The Labute approximate surface area is 112 Å². The van der Waals surface area contributed by atoms with Crippen molar-refractivity contribution in [1.29, 1.82) is 0 Å². The van der Waals surface area contributed by atoms with Gasteiger partial charge >= 0.3 is 0 Å². The van der Waals surface area contributed by atoms with E-state index in [-0.39, 0.29) is 5.91 Å². The Morgan fingerprint density at radius 3 is 2.53 bits per heavy atom. The number of anilines is 1. The molecule has 0 saturated heterocycles. The third-order valence-electron chi connectivity index (χ3n) is 2.55. The smallest absolute Gasteiger partial charge is 0.252 e. The summed E-state index contributed by atoms with van der Waals surface area (Å²) in [7, 11) is 0. The van der Waals surface area contributed by atoms with Crippen molar-refractivity contribution in [2.45, 2.75) is 6.42 Å². The van der Waals surface area contributed by atoms with Crippen molar-refractivity contribution in [3.63, 3.8) is 0 Å². The van der Waals surface area contributed by atoms with Gasteiger partial charge in [-0.3, -0.25) is 14.8 Å². The van der Waals surface area contributed by atoms with Crippen LogP contribution in [0.25, 0.3) is 0 Å². The van der Waals surface area contributed by atoms with Crippen LogP contribution in [0.5, 0.6) is 0 Å². The minimum Gasteiger partial charge on any atom is -0.384 e. The predicted molar refractivity (Wildman–Crippen MR) is 73.9 cm³/mol. The van der Waals surface area contributed by atoms with E-state index in [0.717, 1.165) is 18.7 Å². The van der Waals surface area contributed by atoms with Crippen LogP contribution in [0.3, 0.4) is 0 Å². The van der Waals surface area contributed by atoms with Crippen LogP contribution in [0.1, 0.15) is 16.8 Å². The number of hydrogen-bond acceptors (Lipinski definition) is 4. The van der Waals surface area contributed by atoms with Crippen LogP contribution in [-0.2, 0) is 0 Å². The predicted octanol–water partition coefficient (Wildman–Crippen LogP) is 1.71. The zero-order valence-electron chi connectivity index (χ0n) is 10.5. The molecule has 5 nitrogen and oxygen atoms in total. The van der Waals surface area contributed by atoms with Crippen molar-refractivity contribution in [1.82, 2.24) is 15.3 Å². The average Bonchev–Trinajstić information content (AvgIpc) is 2.49. The summed E-state index contributed by atoms with van der Waals surface area (Å²) in [5.74, 6) is -0.0884. The van der Waals surface area contributed by atoms with Crippen LogP contribution >= 0.6 is 0 Å². The van der Waals surface area contributed by atoms with Gasteiger partial charge in [-0.15, -0.1) is 0 Å². The highest BCUT2D eigenvalue weighted by Crippen LogP contribution is 2.01. The largest absolute Gasteiger partial charge is 0.384 e. The summed E-state index contributed by atoms with van der Waals surface area (Å²) >= 11 is 0. The summed E-state index contributed by atoms with van der Waals surface area (Å²) in [6.07, 6.45) is 7.56. The molecule has 0 unspecified atom stereocenters. The normalized spacial score (nSPS) is 9.89. The van der Waals surface area contributed by atoms with E-state index in [1.165, 1.54) is 0 Å². The molecule has 2 heterocycles. The number of carbonyl (C=O) groups is 1. The number of pyridine rings is 2. The molecular weight excluding hydrogens is 240 g/mol. The molecule has 2 rings (SSSR count). The summed E-state index contributed by atoms with van der Waals surface area (Å²) in [5.41, 5.74) is 1.57. The lowest BCUT2D eigenvalue weighted by Gasteiger charge is -2.07. The van der Waals surface area contributed by atoms with E-state index in [0.29, 0.717) is 12.1 Å². The molecule has 2 aromatic heterocycles. The van der Waals surface area contributed by atoms with Crippen molar-refractivity contribution in [3.05, 3.63) is 54.6 Å². The van der Waals surface area contributed by atoms with E-state index < -0.39 is 0 Å². The molecule has 5 heteroatoms. The SMILES string of the molecule is O=C(NCCCNc1cccnc1)c1cccnc1. The van der Waals surface area contributed by atoms with Gasteiger partial charge in [-0.1, -0.05) is 0 Å². The third-order valence-corrected chi connectivity index (χ3v) is 2.55. The number of aromatic nitrogens is 2. The minimum atomic E-state index is -0.0884. The lowest BCUT2D eigenvalue weighted by Crippen LogP contribution is -2.25. The standard InChI is InChI=1S/C14H16N4O/c19-14(12-4-1-6-15-10-12)18-9-3-8-17-13-5-2-7-16-11-13/h1-2,4-7,10-11,17H,3,8-9H2,(H,18,19). The molecule has 98 valence electrons. The minimum absolute atomic E-state index is 0.0884. The quantitative estimate of drug-likeness (QED) is 0.772. The van der Waals surface area contributed by atoms with Gasteiger partial charge in [0, 0.05) is 37.9 Å². The highest BCUT2D eigenvalue weighted by Gasteiger charge is 2.03. The second-order valence-corrected chi connectivity index (χ2v) is 4.02. The average molecular weight is 256 g/mol. The first-order valence-electron chi connectivity index (χ1n) is 6.18. The lowest BCUT2D eigenvalue weighted by atomic mass is 10.2. The Bertz CT molecular complexity index is 501. The van der Waals surface area contributed by atoms with Crippen LogP contribution in [0.4, 0.5) is 5.69 Å². The monoisotopic (exact) mass is 256 g/mol. The highest BCUT2D eigenvalue weighted by atomic mass is 16.1. The first-order chi connectivity index (χ1) is 9.36. The molecule has 0 radical (unpaired) electrons. The molecule has 0 fully saturated rings. The molecule has 2 aromatic rings. The van der Waals surface area contributed by atoms with Gasteiger partial charge in [0.2, 0.25) is 0 Å². The van der Waals surface area contributed by atoms with E-state index in [9.17, 15) is 4.79 Å². The number of nitrogens with zero attached hydrogens (tertiary/aromatic N) is 2. The van der Waals surface area contributed by atoms with E-state index in [4.69, 9.17) is 0 Å². The van der Waals surface area contributed by atoms with E-state index >= 15 is 0 Å². The van der Waals surface area contributed by atoms with Gasteiger partial charge in [0.15, 0.2) is 0 Å². The molecule has 0 aliphatic heterocycles. The maximum Gasteiger partial charge on any atom is 0.252 e. The van der Waals surface area contributed by atoms with Crippen LogP contribution in [0.2, 0.25) is 0 Å². The van der Waals surface area contributed by atoms with E-state index in [2.05, 4.69) is 20.6 Å². The topological polar surface area (TPSA) is 66.9 Å². The van der Waals surface area contributed by atoms with Crippen molar-refractivity contribution < 1.29 is 4.79 Å². The summed E-state index contributed by atoms with van der Waals surface area (Å²) < 4.78 is 0. The second kappa shape index (κ2) is 7.10. The number of hydrogen-bond donors (Lipinski definition) is 2. The van der Waals surface area contributed by atoms with E-state index in [1.807, 2.05) is 12.1 Å². The van der Waals surface area contributed by atoms with Crippen LogP contribution < -0.4 is 10.6 Å². The maximum atomic E-state index is 11.7. The zero-order valence-corrected chi connectivity index (χ0v) is 10.5. The Kier molecular flexibility index (Phi) is 4.87. The molecule has 0 aliphatic carbocycles.